The number of aryl methyl sites for hydroxylation is 1. The average Bonchev–Trinajstić information content (AvgIpc) is 2.59. The van der Waals surface area contributed by atoms with Crippen LogP contribution in [0.3, 0.4) is 0 Å². The van der Waals surface area contributed by atoms with Crippen molar-refractivity contribution in [2.45, 2.75) is 38.3 Å². The van der Waals surface area contributed by atoms with Crippen molar-refractivity contribution in [3.63, 3.8) is 0 Å². The molecule has 1 aromatic carbocycles. The van der Waals surface area contributed by atoms with Crippen LogP contribution >= 0.6 is 12.4 Å². The van der Waals surface area contributed by atoms with Crippen LogP contribution in [-0.4, -0.2) is 11.9 Å². The third-order valence-electron chi connectivity index (χ3n) is 3.03. The Bertz CT molecular complexity index is 437. The molecule has 1 aromatic rings. The Morgan fingerprint density at radius 1 is 1.61 bits per heavy atom. The van der Waals surface area contributed by atoms with Crippen LogP contribution in [0, 0.1) is 5.82 Å². The Morgan fingerprint density at radius 2 is 2.33 bits per heavy atom. The lowest BCUT2D eigenvalue weighted by Gasteiger charge is -2.15. The maximum Gasteiger partial charge on any atom is 0.222 e. The lowest BCUT2D eigenvalue weighted by atomic mass is 10.1. The normalized spacial score (nSPS) is 18.7. The zero-order valence-electron chi connectivity index (χ0n) is 10.3. The molecule has 1 amide bonds. The molecule has 0 saturated heterocycles. The lowest BCUT2D eigenvalue weighted by Crippen LogP contribution is -2.32. The van der Waals surface area contributed by atoms with Crippen LogP contribution in [0.5, 0.6) is 0 Å². The summed E-state index contributed by atoms with van der Waals surface area (Å²) in [5.74, 6) is -0.256. The van der Waals surface area contributed by atoms with Crippen molar-refractivity contribution in [2.75, 3.05) is 0 Å². The van der Waals surface area contributed by atoms with E-state index in [-0.39, 0.29) is 36.2 Å². The minimum Gasteiger partial charge on any atom is -0.349 e. The van der Waals surface area contributed by atoms with Gasteiger partial charge in [-0.2, -0.15) is 0 Å². The Morgan fingerprint density at radius 3 is 3.00 bits per heavy atom. The van der Waals surface area contributed by atoms with Gasteiger partial charge in [0.25, 0.3) is 0 Å². The summed E-state index contributed by atoms with van der Waals surface area (Å²) >= 11 is 0. The summed E-state index contributed by atoms with van der Waals surface area (Å²) in [6.07, 6.45) is 1.98. The van der Waals surface area contributed by atoms with Crippen molar-refractivity contribution in [1.29, 1.82) is 0 Å². The monoisotopic (exact) mass is 272 g/mol. The predicted molar refractivity (Wildman–Crippen MR) is 71.1 cm³/mol. The molecule has 18 heavy (non-hydrogen) atoms. The SMILES string of the molecule is CC(N)CC(=O)NC1CCc2cc(F)ccc21.Cl. The van der Waals surface area contributed by atoms with E-state index in [1.165, 1.54) is 6.07 Å². The summed E-state index contributed by atoms with van der Waals surface area (Å²) in [7, 11) is 0. The molecule has 1 aliphatic carbocycles. The molecule has 5 heteroatoms. The zero-order valence-corrected chi connectivity index (χ0v) is 11.1. The van der Waals surface area contributed by atoms with Gasteiger partial charge < -0.3 is 11.1 Å². The summed E-state index contributed by atoms with van der Waals surface area (Å²) in [4.78, 5) is 11.6. The molecule has 1 aliphatic rings. The van der Waals surface area contributed by atoms with E-state index in [4.69, 9.17) is 5.73 Å². The van der Waals surface area contributed by atoms with Crippen molar-refractivity contribution in [3.8, 4) is 0 Å². The van der Waals surface area contributed by atoms with E-state index in [0.29, 0.717) is 6.42 Å². The highest BCUT2D eigenvalue weighted by Crippen LogP contribution is 2.31. The minimum atomic E-state index is -0.216. The molecule has 0 aliphatic heterocycles. The number of hydrogen-bond donors (Lipinski definition) is 2. The van der Waals surface area contributed by atoms with Gasteiger partial charge in [-0.1, -0.05) is 6.07 Å². The Kier molecular flexibility index (Phi) is 5.11. The number of hydrogen-bond acceptors (Lipinski definition) is 2. The summed E-state index contributed by atoms with van der Waals surface area (Å²) in [6.45, 7) is 1.80. The van der Waals surface area contributed by atoms with Gasteiger partial charge in [0, 0.05) is 12.5 Å². The molecule has 0 heterocycles. The van der Waals surface area contributed by atoms with Gasteiger partial charge in [-0.25, -0.2) is 4.39 Å². The Hall–Kier alpha value is -1.13. The number of carbonyl (C=O) groups is 1. The first-order valence-corrected chi connectivity index (χ1v) is 5.89. The van der Waals surface area contributed by atoms with E-state index < -0.39 is 0 Å². The quantitative estimate of drug-likeness (QED) is 0.885. The number of fused-ring (bicyclic) bond motifs is 1. The second-order valence-corrected chi connectivity index (χ2v) is 4.68. The maximum atomic E-state index is 13.0. The van der Waals surface area contributed by atoms with E-state index >= 15 is 0 Å². The van der Waals surface area contributed by atoms with Gasteiger partial charge in [0.2, 0.25) is 5.91 Å². The van der Waals surface area contributed by atoms with Crippen molar-refractivity contribution in [2.24, 2.45) is 5.73 Å². The van der Waals surface area contributed by atoms with Crippen LogP contribution in [0.2, 0.25) is 0 Å². The zero-order chi connectivity index (χ0) is 12.4. The van der Waals surface area contributed by atoms with Crippen LogP contribution in [0.4, 0.5) is 4.39 Å². The number of rotatable bonds is 3. The first-order valence-electron chi connectivity index (χ1n) is 5.89. The lowest BCUT2D eigenvalue weighted by molar-refractivity contribution is -0.122. The number of halogens is 2. The molecule has 2 rings (SSSR count). The fourth-order valence-electron chi connectivity index (χ4n) is 2.28. The molecule has 0 bridgehead atoms. The van der Waals surface area contributed by atoms with Gasteiger partial charge in [-0.3, -0.25) is 4.79 Å². The number of nitrogens with one attached hydrogen (secondary N) is 1. The molecule has 3 N–H and O–H groups in total. The van der Waals surface area contributed by atoms with E-state index in [0.717, 1.165) is 24.0 Å². The Balaban J connectivity index is 0.00000162. The first kappa shape index (κ1) is 14.9. The molecule has 0 aromatic heterocycles. The fourth-order valence-corrected chi connectivity index (χ4v) is 2.28. The fraction of sp³-hybridized carbons (Fsp3) is 0.462. The van der Waals surface area contributed by atoms with E-state index in [2.05, 4.69) is 5.32 Å². The molecule has 0 fully saturated rings. The predicted octanol–water partition coefficient (Wildman–Crippen LogP) is 2.09. The average molecular weight is 273 g/mol. The maximum absolute atomic E-state index is 13.0. The molecular formula is C13H18ClFN2O. The highest BCUT2D eigenvalue weighted by Gasteiger charge is 2.24. The highest BCUT2D eigenvalue weighted by molar-refractivity contribution is 5.85. The van der Waals surface area contributed by atoms with Gasteiger partial charge in [0.1, 0.15) is 5.82 Å². The number of nitrogens with two attached hydrogens (primary N) is 1. The second kappa shape index (κ2) is 6.16. The van der Waals surface area contributed by atoms with E-state index in [1.54, 1.807) is 19.1 Å². The topological polar surface area (TPSA) is 55.1 Å². The largest absolute Gasteiger partial charge is 0.349 e. The highest BCUT2D eigenvalue weighted by atomic mass is 35.5. The molecule has 3 nitrogen and oxygen atoms in total. The molecular weight excluding hydrogens is 255 g/mol. The van der Waals surface area contributed by atoms with Crippen LogP contribution < -0.4 is 11.1 Å². The Labute approximate surface area is 112 Å². The van der Waals surface area contributed by atoms with Crippen LogP contribution in [-0.2, 0) is 11.2 Å². The van der Waals surface area contributed by atoms with Crippen molar-refractivity contribution in [3.05, 3.63) is 35.1 Å². The van der Waals surface area contributed by atoms with E-state index in [9.17, 15) is 9.18 Å². The molecule has 0 saturated carbocycles. The summed E-state index contributed by atoms with van der Waals surface area (Å²) in [5, 5.41) is 2.94. The molecule has 2 atom stereocenters. The van der Waals surface area contributed by atoms with Crippen LogP contribution in [0.25, 0.3) is 0 Å². The number of amides is 1. The van der Waals surface area contributed by atoms with Gasteiger partial charge in [-0.05, 0) is 43.0 Å². The standard InChI is InChI=1S/C13H17FN2O.ClH/c1-8(15)6-13(17)16-12-5-2-9-7-10(14)3-4-11(9)12;/h3-4,7-8,12H,2,5-6,15H2,1H3,(H,16,17);1H. The smallest absolute Gasteiger partial charge is 0.222 e. The molecule has 0 radical (unpaired) electrons. The van der Waals surface area contributed by atoms with Crippen LogP contribution in [0.1, 0.15) is 36.9 Å². The minimum absolute atomic E-state index is 0. The third kappa shape index (κ3) is 3.43. The van der Waals surface area contributed by atoms with Crippen LogP contribution in [0.15, 0.2) is 18.2 Å². The summed E-state index contributed by atoms with van der Waals surface area (Å²) in [5.41, 5.74) is 7.60. The molecule has 100 valence electrons. The summed E-state index contributed by atoms with van der Waals surface area (Å²) in [6, 6.07) is 4.62. The van der Waals surface area contributed by atoms with Crippen molar-refractivity contribution >= 4 is 18.3 Å². The van der Waals surface area contributed by atoms with Crippen molar-refractivity contribution in [1.82, 2.24) is 5.32 Å². The van der Waals surface area contributed by atoms with Gasteiger partial charge >= 0.3 is 0 Å². The summed E-state index contributed by atoms with van der Waals surface area (Å²) < 4.78 is 13.0. The number of carbonyl (C=O) groups excluding carboxylic acids is 1. The molecule has 0 spiro atoms. The van der Waals surface area contributed by atoms with Gasteiger partial charge in [-0.15, -0.1) is 12.4 Å². The second-order valence-electron chi connectivity index (χ2n) is 4.68. The number of benzene rings is 1. The molecule has 2 unspecified atom stereocenters. The first-order chi connectivity index (χ1) is 8.06. The van der Waals surface area contributed by atoms with Gasteiger partial charge in [0.05, 0.1) is 6.04 Å². The third-order valence-corrected chi connectivity index (χ3v) is 3.03. The van der Waals surface area contributed by atoms with Gasteiger partial charge in [0.15, 0.2) is 0 Å². The van der Waals surface area contributed by atoms with E-state index in [1.807, 2.05) is 0 Å². The van der Waals surface area contributed by atoms with Crippen molar-refractivity contribution < 1.29 is 9.18 Å².